The lowest BCUT2D eigenvalue weighted by molar-refractivity contribution is -0.167. The highest BCUT2D eigenvalue weighted by molar-refractivity contribution is 5.71. The van der Waals surface area contributed by atoms with Crippen molar-refractivity contribution in [2.24, 2.45) is 0 Å². The molecule has 0 heterocycles. The molecule has 0 radical (unpaired) electrons. The molecule has 0 rings (SSSR count). The van der Waals surface area contributed by atoms with E-state index in [1.807, 2.05) is 0 Å². The molecule has 0 aromatic carbocycles. The minimum Gasteiger partial charge on any atom is -0.462 e. The monoisotopic (exact) mass is 709 g/mol. The van der Waals surface area contributed by atoms with Crippen molar-refractivity contribution in [3.63, 3.8) is 0 Å². The van der Waals surface area contributed by atoms with Crippen molar-refractivity contribution in [3.05, 3.63) is 0 Å². The lowest BCUT2D eigenvalue weighted by Crippen LogP contribution is -2.30. The van der Waals surface area contributed by atoms with E-state index in [0.717, 1.165) is 64.2 Å². The molecule has 0 N–H and O–H groups in total. The first-order chi connectivity index (χ1) is 24.5. The Labute approximate surface area is 310 Å². The van der Waals surface area contributed by atoms with Crippen molar-refractivity contribution in [3.8, 4) is 0 Å². The standard InChI is InChI=1S/C44H84O6/c1-4-7-10-13-15-17-19-21-23-25-27-29-32-34-37-43(46)49-40-41(50-44(47)38-35-30-12-9-6-3)39-48-42(45)36-33-31-28-26-24-22-20-18-16-14-11-8-5-2/h41H,4-40H2,1-3H3/t41-/m1/s1. The predicted octanol–water partition coefficient (Wildman–Crippen LogP) is 13.7. The maximum atomic E-state index is 12.5. The molecular formula is C44H84O6. The minimum absolute atomic E-state index is 0.0645. The molecule has 0 aliphatic rings. The Bertz CT molecular complexity index is 738. The van der Waals surface area contributed by atoms with Gasteiger partial charge in [-0.05, 0) is 19.3 Å². The largest absolute Gasteiger partial charge is 0.462 e. The van der Waals surface area contributed by atoms with Crippen molar-refractivity contribution in [2.45, 2.75) is 252 Å². The average Bonchev–Trinajstić information content (AvgIpc) is 3.11. The molecule has 0 spiro atoms. The molecule has 0 saturated carbocycles. The fraction of sp³-hybridized carbons (Fsp3) is 0.932. The summed E-state index contributed by atoms with van der Waals surface area (Å²) in [4.78, 5) is 37.4. The van der Waals surface area contributed by atoms with Crippen molar-refractivity contribution < 1.29 is 28.6 Å². The van der Waals surface area contributed by atoms with Crippen LogP contribution < -0.4 is 0 Å². The Morgan fingerprint density at radius 2 is 0.540 bits per heavy atom. The normalized spacial score (nSPS) is 11.8. The van der Waals surface area contributed by atoms with Crippen LogP contribution >= 0.6 is 0 Å². The molecule has 0 amide bonds. The fourth-order valence-electron chi connectivity index (χ4n) is 6.50. The first-order valence-corrected chi connectivity index (χ1v) is 22.0. The van der Waals surface area contributed by atoms with E-state index in [-0.39, 0.29) is 31.1 Å². The van der Waals surface area contributed by atoms with Crippen LogP contribution in [0.4, 0.5) is 0 Å². The lowest BCUT2D eigenvalue weighted by atomic mass is 10.0. The van der Waals surface area contributed by atoms with E-state index >= 15 is 0 Å². The predicted molar refractivity (Wildman–Crippen MR) is 210 cm³/mol. The van der Waals surface area contributed by atoms with Crippen LogP contribution in [0.5, 0.6) is 0 Å². The third-order valence-corrected chi connectivity index (χ3v) is 9.86. The zero-order chi connectivity index (χ0) is 36.6. The number of ether oxygens (including phenoxy) is 3. The number of carbonyl (C=O) groups excluding carboxylic acids is 3. The highest BCUT2D eigenvalue weighted by Gasteiger charge is 2.19. The average molecular weight is 709 g/mol. The summed E-state index contributed by atoms with van der Waals surface area (Å²) in [7, 11) is 0. The molecule has 0 fully saturated rings. The molecule has 0 aromatic rings. The van der Waals surface area contributed by atoms with Gasteiger partial charge in [0.2, 0.25) is 0 Å². The molecule has 6 heteroatoms. The van der Waals surface area contributed by atoms with Crippen molar-refractivity contribution in [1.82, 2.24) is 0 Å². The van der Waals surface area contributed by atoms with E-state index in [1.54, 1.807) is 0 Å². The van der Waals surface area contributed by atoms with Crippen LogP contribution in [-0.4, -0.2) is 37.2 Å². The topological polar surface area (TPSA) is 78.9 Å². The van der Waals surface area contributed by atoms with Gasteiger partial charge in [-0.2, -0.15) is 0 Å². The van der Waals surface area contributed by atoms with Crippen LogP contribution in [0, 0.1) is 0 Å². The van der Waals surface area contributed by atoms with Gasteiger partial charge in [-0.1, -0.05) is 207 Å². The summed E-state index contributed by atoms with van der Waals surface area (Å²) in [5.74, 6) is -0.868. The third kappa shape index (κ3) is 37.7. The Morgan fingerprint density at radius 3 is 0.800 bits per heavy atom. The SMILES string of the molecule is CCCCCCCCCCCCCCCCC(=O)OC[C@@H](COC(=O)CCCCCCCCCCCCCCC)OC(=O)CCCCCCC. The quantitative estimate of drug-likeness (QED) is 0.0358. The van der Waals surface area contributed by atoms with E-state index in [1.165, 1.54) is 141 Å². The van der Waals surface area contributed by atoms with Gasteiger partial charge in [0.1, 0.15) is 13.2 Å². The second kappa shape index (κ2) is 40.2. The Hall–Kier alpha value is -1.59. The Kier molecular flexibility index (Phi) is 38.9. The van der Waals surface area contributed by atoms with Crippen LogP contribution in [0.1, 0.15) is 245 Å². The van der Waals surface area contributed by atoms with E-state index < -0.39 is 6.10 Å². The molecule has 0 aromatic heterocycles. The summed E-state index contributed by atoms with van der Waals surface area (Å²) in [6.45, 7) is 6.57. The smallest absolute Gasteiger partial charge is 0.306 e. The molecule has 296 valence electrons. The Morgan fingerprint density at radius 1 is 0.320 bits per heavy atom. The van der Waals surface area contributed by atoms with Gasteiger partial charge in [-0.15, -0.1) is 0 Å². The first kappa shape index (κ1) is 48.4. The van der Waals surface area contributed by atoms with Gasteiger partial charge in [0.05, 0.1) is 0 Å². The molecule has 0 aliphatic carbocycles. The summed E-state index contributed by atoms with van der Waals surface area (Å²) in [6, 6.07) is 0. The summed E-state index contributed by atoms with van der Waals surface area (Å²) in [6.07, 6.45) is 39.7. The van der Waals surface area contributed by atoms with Gasteiger partial charge in [0, 0.05) is 19.3 Å². The van der Waals surface area contributed by atoms with Crippen molar-refractivity contribution >= 4 is 17.9 Å². The minimum atomic E-state index is -0.756. The van der Waals surface area contributed by atoms with E-state index in [9.17, 15) is 14.4 Å². The lowest BCUT2D eigenvalue weighted by Gasteiger charge is -2.18. The molecule has 0 unspecified atom stereocenters. The molecule has 0 aliphatic heterocycles. The maximum absolute atomic E-state index is 12.5. The van der Waals surface area contributed by atoms with Gasteiger partial charge in [-0.25, -0.2) is 0 Å². The second-order valence-corrected chi connectivity index (χ2v) is 15.0. The summed E-state index contributed by atoms with van der Waals surface area (Å²) >= 11 is 0. The molecule has 1 atom stereocenters. The van der Waals surface area contributed by atoms with E-state index in [0.29, 0.717) is 19.3 Å². The van der Waals surface area contributed by atoms with Gasteiger partial charge in [-0.3, -0.25) is 14.4 Å². The van der Waals surface area contributed by atoms with Gasteiger partial charge in [0.15, 0.2) is 6.10 Å². The van der Waals surface area contributed by atoms with E-state index in [4.69, 9.17) is 14.2 Å². The fourth-order valence-corrected chi connectivity index (χ4v) is 6.50. The van der Waals surface area contributed by atoms with Crippen molar-refractivity contribution in [2.75, 3.05) is 13.2 Å². The van der Waals surface area contributed by atoms with Crippen molar-refractivity contribution in [1.29, 1.82) is 0 Å². The van der Waals surface area contributed by atoms with Crippen LogP contribution in [0.3, 0.4) is 0 Å². The number of unbranched alkanes of at least 4 members (excludes halogenated alkanes) is 29. The molecule has 50 heavy (non-hydrogen) atoms. The first-order valence-electron chi connectivity index (χ1n) is 22.0. The highest BCUT2D eigenvalue weighted by atomic mass is 16.6. The van der Waals surface area contributed by atoms with Gasteiger partial charge < -0.3 is 14.2 Å². The molecule has 6 nitrogen and oxygen atoms in total. The highest BCUT2D eigenvalue weighted by Crippen LogP contribution is 2.15. The number of esters is 3. The van der Waals surface area contributed by atoms with Crippen LogP contribution in [0.25, 0.3) is 0 Å². The van der Waals surface area contributed by atoms with Crippen LogP contribution in [-0.2, 0) is 28.6 Å². The van der Waals surface area contributed by atoms with Gasteiger partial charge in [0.25, 0.3) is 0 Å². The summed E-state index contributed by atoms with van der Waals surface area (Å²) < 4.78 is 16.6. The Balaban J connectivity index is 4.15. The summed E-state index contributed by atoms with van der Waals surface area (Å²) in [5, 5.41) is 0. The molecule has 0 saturated heterocycles. The number of rotatable bonds is 40. The number of hydrogen-bond acceptors (Lipinski definition) is 6. The zero-order valence-corrected chi connectivity index (χ0v) is 33.7. The zero-order valence-electron chi connectivity index (χ0n) is 33.7. The van der Waals surface area contributed by atoms with E-state index in [2.05, 4.69) is 20.8 Å². The van der Waals surface area contributed by atoms with Gasteiger partial charge >= 0.3 is 17.9 Å². The van der Waals surface area contributed by atoms with Crippen LogP contribution in [0.15, 0.2) is 0 Å². The number of hydrogen-bond donors (Lipinski definition) is 0. The maximum Gasteiger partial charge on any atom is 0.306 e. The molecule has 0 bridgehead atoms. The third-order valence-electron chi connectivity index (χ3n) is 9.86. The molecular weight excluding hydrogens is 624 g/mol. The second-order valence-electron chi connectivity index (χ2n) is 15.0. The number of carbonyl (C=O) groups is 3. The van der Waals surface area contributed by atoms with Crippen LogP contribution in [0.2, 0.25) is 0 Å². The summed E-state index contributed by atoms with van der Waals surface area (Å²) in [5.41, 5.74) is 0.